The largest absolute Gasteiger partial charge is 0.382 e. The second-order valence-electron chi connectivity index (χ2n) is 6.64. The molecule has 1 aromatic rings. The molecule has 1 saturated heterocycles. The molecular formula is C18H29N3O6S. The Kier molecular flexibility index (Phi) is 9.10. The molecule has 0 bridgehead atoms. The second kappa shape index (κ2) is 11.3. The van der Waals surface area contributed by atoms with Gasteiger partial charge in [-0.25, -0.2) is 8.42 Å². The van der Waals surface area contributed by atoms with Gasteiger partial charge < -0.3 is 14.8 Å². The smallest absolute Gasteiger partial charge is 0.293 e. The fourth-order valence-corrected chi connectivity index (χ4v) is 4.58. The van der Waals surface area contributed by atoms with Gasteiger partial charge in [0.15, 0.2) is 0 Å². The van der Waals surface area contributed by atoms with Crippen LogP contribution in [0.4, 0.5) is 11.4 Å². The normalized spacial score (nSPS) is 15.9. The Morgan fingerprint density at radius 2 is 1.86 bits per heavy atom. The van der Waals surface area contributed by atoms with Crippen LogP contribution in [0, 0.1) is 10.1 Å². The summed E-state index contributed by atoms with van der Waals surface area (Å²) in [4.78, 5) is 10.9. The van der Waals surface area contributed by atoms with Crippen LogP contribution >= 0.6 is 0 Å². The average molecular weight is 416 g/mol. The van der Waals surface area contributed by atoms with E-state index in [9.17, 15) is 18.5 Å². The van der Waals surface area contributed by atoms with Crippen molar-refractivity contribution < 1.29 is 22.8 Å². The lowest BCUT2D eigenvalue weighted by molar-refractivity contribution is -0.384. The first-order valence-corrected chi connectivity index (χ1v) is 11.0. The molecule has 0 unspecified atom stereocenters. The van der Waals surface area contributed by atoms with Crippen LogP contribution in [0.3, 0.4) is 0 Å². The molecule has 1 heterocycles. The van der Waals surface area contributed by atoms with Gasteiger partial charge in [0, 0.05) is 39.4 Å². The number of nitrogens with zero attached hydrogens (tertiary/aromatic N) is 2. The Hall–Kier alpha value is -1.75. The van der Waals surface area contributed by atoms with Crippen molar-refractivity contribution in [1.82, 2.24) is 4.31 Å². The van der Waals surface area contributed by atoms with Gasteiger partial charge in [-0.2, -0.15) is 4.31 Å². The van der Waals surface area contributed by atoms with Gasteiger partial charge in [0.1, 0.15) is 5.69 Å². The van der Waals surface area contributed by atoms with E-state index in [1.807, 2.05) is 0 Å². The molecule has 10 heteroatoms. The zero-order chi connectivity index (χ0) is 20.4. The van der Waals surface area contributed by atoms with Gasteiger partial charge in [-0.3, -0.25) is 10.1 Å². The molecule has 2 rings (SSSR count). The minimum Gasteiger partial charge on any atom is -0.382 e. The average Bonchev–Trinajstić information content (AvgIpc) is 2.97. The third-order valence-corrected chi connectivity index (χ3v) is 6.48. The maximum Gasteiger partial charge on any atom is 0.293 e. The van der Waals surface area contributed by atoms with Crippen LogP contribution in [0.1, 0.15) is 32.1 Å². The summed E-state index contributed by atoms with van der Waals surface area (Å²) in [6.45, 7) is 2.92. The first-order valence-electron chi connectivity index (χ1n) is 9.56. The fraction of sp³-hybridized carbons (Fsp3) is 0.667. The van der Waals surface area contributed by atoms with Crippen molar-refractivity contribution in [2.75, 3.05) is 51.9 Å². The summed E-state index contributed by atoms with van der Waals surface area (Å²) in [5.74, 6) is 0. The van der Waals surface area contributed by atoms with Gasteiger partial charge in [-0.05, 0) is 31.4 Å². The molecule has 0 radical (unpaired) electrons. The lowest BCUT2D eigenvalue weighted by Gasteiger charge is -2.20. The van der Waals surface area contributed by atoms with Crippen molar-refractivity contribution in [3.63, 3.8) is 0 Å². The highest BCUT2D eigenvalue weighted by atomic mass is 32.2. The first-order chi connectivity index (χ1) is 13.5. The predicted octanol–water partition coefficient (Wildman–Crippen LogP) is 2.62. The number of nitro groups is 1. The molecule has 0 spiro atoms. The van der Waals surface area contributed by atoms with Gasteiger partial charge in [0.25, 0.3) is 5.69 Å². The summed E-state index contributed by atoms with van der Waals surface area (Å²) in [6.07, 6.45) is 4.30. The zero-order valence-electron chi connectivity index (χ0n) is 16.3. The molecule has 1 aliphatic heterocycles. The Bertz CT molecular complexity index is 733. The molecule has 0 saturated carbocycles. The highest BCUT2D eigenvalue weighted by molar-refractivity contribution is 7.89. The summed E-state index contributed by atoms with van der Waals surface area (Å²) >= 11 is 0. The predicted molar refractivity (Wildman–Crippen MR) is 106 cm³/mol. The minimum absolute atomic E-state index is 0.0328. The number of rotatable bonds is 11. The summed E-state index contributed by atoms with van der Waals surface area (Å²) in [5, 5.41) is 14.5. The van der Waals surface area contributed by atoms with Gasteiger partial charge in [-0.15, -0.1) is 0 Å². The highest BCUT2D eigenvalue weighted by Gasteiger charge is 2.27. The molecule has 1 fully saturated rings. The van der Waals surface area contributed by atoms with E-state index in [1.54, 1.807) is 7.11 Å². The monoisotopic (exact) mass is 415 g/mol. The molecule has 158 valence electrons. The van der Waals surface area contributed by atoms with Crippen molar-refractivity contribution in [3.05, 3.63) is 28.3 Å². The third-order valence-electron chi connectivity index (χ3n) is 4.58. The molecule has 1 N–H and O–H groups in total. The summed E-state index contributed by atoms with van der Waals surface area (Å²) in [7, 11) is -2.13. The molecular weight excluding hydrogens is 386 g/mol. The van der Waals surface area contributed by atoms with E-state index in [4.69, 9.17) is 9.47 Å². The second-order valence-corrected chi connectivity index (χ2v) is 8.58. The molecule has 0 aliphatic carbocycles. The van der Waals surface area contributed by atoms with E-state index in [0.717, 1.165) is 31.7 Å². The number of methoxy groups -OCH3 is 1. The first kappa shape index (κ1) is 22.5. The molecule has 0 atom stereocenters. The minimum atomic E-state index is -3.73. The van der Waals surface area contributed by atoms with Gasteiger partial charge in [0.05, 0.1) is 23.0 Å². The van der Waals surface area contributed by atoms with Crippen LogP contribution in [0.15, 0.2) is 23.1 Å². The molecule has 0 aromatic heterocycles. The quantitative estimate of drug-likeness (QED) is 0.336. The van der Waals surface area contributed by atoms with Crippen molar-refractivity contribution >= 4 is 21.4 Å². The maximum atomic E-state index is 12.9. The fourth-order valence-electron chi connectivity index (χ4n) is 3.05. The zero-order valence-corrected chi connectivity index (χ0v) is 17.1. The summed E-state index contributed by atoms with van der Waals surface area (Å²) in [6, 6.07) is 4.05. The van der Waals surface area contributed by atoms with E-state index in [0.29, 0.717) is 51.6 Å². The molecule has 28 heavy (non-hydrogen) atoms. The topological polar surface area (TPSA) is 111 Å². The van der Waals surface area contributed by atoms with Gasteiger partial charge in [-0.1, -0.05) is 12.8 Å². The Labute approximate surface area is 166 Å². The summed E-state index contributed by atoms with van der Waals surface area (Å²) in [5.41, 5.74) is 0.0629. The van der Waals surface area contributed by atoms with Crippen LogP contribution in [0.5, 0.6) is 0 Å². The Balaban J connectivity index is 2.04. The number of hydrogen-bond donors (Lipinski definition) is 1. The lowest BCUT2D eigenvalue weighted by atomic mass is 10.2. The van der Waals surface area contributed by atoms with Crippen LogP contribution < -0.4 is 5.32 Å². The molecule has 9 nitrogen and oxygen atoms in total. The maximum absolute atomic E-state index is 12.9. The van der Waals surface area contributed by atoms with Crippen molar-refractivity contribution in [1.29, 1.82) is 0 Å². The van der Waals surface area contributed by atoms with Crippen LogP contribution in [0.2, 0.25) is 0 Å². The Morgan fingerprint density at radius 3 is 2.50 bits per heavy atom. The van der Waals surface area contributed by atoms with Crippen molar-refractivity contribution in [2.24, 2.45) is 0 Å². The number of ether oxygens (including phenoxy) is 2. The lowest BCUT2D eigenvalue weighted by Crippen LogP contribution is -2.32. The standard InChI is InChI=1S/C18H29N3O6S/c1-26-13-14-27-12-6-9-19-17-8-7-16(15-18(17)21(22)23)28(24,25)20-10-4-2-3-5-11-20/h7-8,15,19H,2-6,9-14H2,1H3. The SMILES string of the molecule is COCCOCCCNc1ccc(S(=O)(=O)N2CCCCCC2)cc1[N+](=O)[O-]. The van der Waals surface area contributed by atoms with E-state index >= 15 is 0 Å². The number of hydrogen-bond acceptors (Lipinski definition) is 7. The number of nitrogens with one attached hydrogen (secondary N) is 1. The van der Waals surface area contributed by atoms with Crippen LogP contribution in [-0.4, -0.2) is 64.2 Å². The highest BCUT2D eigenvalue weighted by Crippen LogP contribution is 2.29. The number of benzene rings is 1. The van der Waals surface area contributed by atoms with E-state index in [-0.39, 0.29) is 10.6 Å². The third kappa shape index (κ3) is 6.40. The van der Waals surface area contributed by atoms with Crippen molar-refractivity contribution in [3.8, 4) is 0 Å². The number of sulfonamides is 1. The van der Waals surface area contributed by atoms with Gasteiger partial charge in [0.2, 0.25) is 10.0 Å². The van der Waals surface area contributed by atoms with Crippen molar-refractivity contribution in [2.45, 2.75) is 37.0 Å². The summed E-state index contributed by atoms with van der Waals surface area (Å²) < 4.78 is 37.4. The molecule has 1 aromatic carbocycles. The van der Waals surface area contributed by atoms with Crippen LogP contribution in [-0.2, 0) is 19.5 Å². The molecule has 1 aliphatic rings. The Morgan fingerprint density at radius 1 is 1.14 bits per heavy atom. The van der Waals surface area contributed by atoms with Gasteiger partial charge >= 0.3 is 0 Å². The van der Waals surface area contributed by atoms with E-state index in [1.165, 1.54) is 16.4 Å². The number of anilines is 1. The number of nitro benzene ring substituents is 1. The van der Waals surface area contributed by atoms with E-state index < -0.39 is 14.9 Å². The molecule has 0 amide bonds. The van der Waals surface area contributed by atoms with Crippen LogP contribution in [0.25, 0.3) is 0 Å². The van der Waals surface area contributed by atoms with E-state index in [2.05, 4.69) is 5.32 Å².